The minimum atomic E-state index is -0.572. The highest BCUT2D eigenvalue weighted by atomic mass is 16.3. The van der Waals surface area contributed by atoms with E-state index in [2.05, 4.69) is 0 Å². The van der Waals surface area contributed by atoms with Crippen molar-refractivity contribution >= 4 is 5.78 Å². The Balaban J connectivity index is 2.78. The van der Waals surface area contributed by atoms with Crippen LogP contribution >= 0.6 is 0 Å². The highest BCUT2D eigenvalue weighted by Gasteiger charge is 2.25. The molecule has 1 N–H and O–H groups in total. The summed E-state index contributed by atoms with van der Waals surface area (Å²) in [6.45, 7) is 5.61. The van der Waals surface area contributed by atoms with E-state index in [0.717, 1.165) is 0 Å². The smallest absolute Gasteiger partial charge is 0.168 e. The molecule has 0 aliphatic heterocycles. The van der Waals surface area contributed by atoms with Gasteiger partial charge >= 0.3 is 0 Å². The second-order valence-corrected chi connectivity index (χ2v) is 4.25. The van der Waals surface area contributed by atoms with Gasteiger partial charge in [0.25, 0.3) is 0 Å². The third-order valence-corrected chi connectivity index (χ3v) is 2.67. The number of ketones is 1. The van der Waals surface area contributed by atoms with Crippen molar-refractivity contribution in [3.05, 3.63) is 35.9 Å². The first-order valence-electron chi connectivity index (χ1n) is 5.31. The lowest BCUT2D eigenvalue weighted by atomic mass is 9.88. The quantitative estimate of drug-likeness (QED) is 0.769. The van der Waals surface area contributed by atoms with Crippen LogP contribution in [0.4, 0.5) is 0 Å². The number of hydrogen-bond acceptors (Lipinski definition) is 2. The average molecular weight is 206 g/mol. The van der Waals surface area contributed by atoms with Crippen LogP contribution in [0, 0.1) is 11.8 Å². The van der Waals surface area contributed by atoms with Crippen LogP contribution in [0.3, 0.4) is 0 Å². The fourth-order valence-corrected chi connectivity index (χ4v) is 1.60. The molecule has 2 heteroatoms. The molecule has 2 atom stereocenters. The van der Waals surface area contributed by atoms with Gasteiger partial charge < -0.3 is 5.11 Å². The number of rotatable bonds is 4. The molecule has 0 spiro atoms. The first-order chi connectivity index (χ1) is 7.04. The number of carbonyl (C=O) groups excluding carboxylic acids is 1. The Labute approximate surface area is 90.9 Å². The molecular weight excluding hydrogens is 188 g/mol. The van der Waals surface area contributed by atoms with Crippen molar-refractivity contribution in [2.75, 3.05) is 0 Å². The molecule has 1 aromatic rings. The van der Waals surface area contributed by atoms with Gasteiger partial charge in [-0.3, -0.25) is 4.79 Å². The summed E-state index contributed by atoms with van der Waals surface area (Å²) < 4.78 is 0. The summed E-state index contributed by atoms with van der Waals surface area (Å²) in [7, 11) is 0. The van der Waals surface area contributed by atoms with Gasteiger partial charge in [0.15, 0.2) is 5.78 Å². The van der Waals surface area contributed by atoms with Gasteiger partial charge in [0.2, 0.25) is 0 Å². The Bertz CT molecular complexity index is 317. The van der Waals surface area contributed by atoms with E-state index in [-0.39, 0.29) is 17.6 Å². The van der Waals surface area contributed by atoms with E-state index < -0.39 is 6.10 Å². The highest BCUT2D eigenvalue weighted by Crippen LogP contribution is 2.17. The van der Waals surface area contributed by atoms with Gasteiger partial charge in [0, 0.05) is 11.5 Å². The molecule has 82 valence electrons. The van der Waals surface area contributed by atoms with E-state index in [4.69, 9.17) is 0 Å². The van der Waals surface area contributed by atoms with Crippen molar-refractivity contribution in [3.8, 4) is 0 Å². The van der Waals surface area contributed by atoms with E-state index in [1.807, 2.05) is 32.0 Å². The van der Waals surface area contributed by atoms with Crippen molar-refractivity contribution in [2.45, 2.75) is 26.9 Å². The van der Waals surface area contributed by atoms with Crippen molar-refractivity contribution in [2.24, 2.45) is 11.8 Å². The number of hydrogen-bond donors (Lipinski definition) is 1. The normalized spacial score (nSPS) is 15.0. The molecule has 15 heavy (non-hydrogen) atoms. The molecule has 0 amide bonds. The zero-order chi connectivity index (χ0) is 11.4. The molecule has 1 aromatic carbocycles. The largest absolute Gasteiger partial charge is 0.392 e. The van der Waals surface area contributed by atoms with Crippen LogP contribution < -0.4 is 0 Å². The van der Waals surface area contributed by atoms with E-state index in [1.54, 1.807) is 19.1 Å². The Hall–Kier alpha value is -1.15. The Morgan fingerprint density at radius 2 is 1.67 bits per heavy atom. The summed E-state index contributed by atoms with van der Waals surface area (Å²) in [5.74, 6) is -0.225. The van der Waals surface area contributed by atoms with E-state index in [1.165, 1.54) is 0 Å². The molecular formula is C13H18O2. The third kappa shape index (κ3) is 2.90. The van der Waals surface area contributed by atoms with Gasteiger partial charge in [-0.05, 0) is 5.92 Å². The van der Waals surface area contributed by atoms with Gasteiger partial charge in [0.05, 0.1) is 6.10 Å². The lowest BCUT2D eigenvalue weighted by Gasteiger charge is -2.20. The summed E-state index contributed by atoms with van der Waals surface area (Å²) in [6.07, 6.45) is -0.572. The molecule has 0 unspecified atom stereocenters. The van der Waals surface area contributed by atoms with Crippen molar-refractivity contribution in [1.82, 2.24) is 0 Å². The first kappa shape index (κ1) is 11.9. The van der Waals surface area contributed by atoms with Gasteiger partial charge in [-0.25, -0.2) is 0 Å². The van der Waals surface area contributed by atoms with Crippen molar-refractivity contribution < 1.29 is 9.90 Å². The summed E-state index contributed by atoms with van der Waals surface area (Å²) in [5.41, 5.74) is 0.671. The molecule has 0 bridgehead atoms. The lowest BCUT2D eigenvalue weighted by Crippen LogP contribution is -2.30. The number of aliphatic hydroxyl groups excluding tert-OH is 1. The second kappa shape index (κ2) is 5.08. The molecule has 2 nitrogen and oxygen atoms in total. The van der Waals surface area contributed by atoms with Gasteiger partial charge in [0.1, 0.15) is 0 Å². The Morgan fingerprint density at radius 3 is 2.13 bits per heavy atom. The average Bonchev–Trinajstić information content (AvgIpc) is 2.27. The van der Waals surface area contributed by atoms with E-state index >= 15 is 0 Å². The van der Waals surface area contributed by atoms with Crippen molar-refractivity contribution in [1.29, 1.82) is 0 Å². The minimum absolute atomic E-state index is 0.0109. The monoisotopic (exact) mass is 206 g/mol. The maximum absolute atomic E-state index is 11.9. The van der Waals surface area contributed by atoms with Gasteiger partial charge in [-0.2, -0.15) is 0 Å². The SMILES string of the molecule is CC(C)[C@@H](O)[C@@H](C)C(=O)c1ccccc1. The maximum Gasteiger partial charge on any atom is 0.168 e. The Kier molecular flexibility index (Phi) is 4.04. The van der Waals surface area contributed by atoms with Crippen molar-refractivity contribution in [3.63, 3.8) is 0 Å². The summed E-state index contributed by atoms with van der Waals surface area (Å²) >= 11 is 0. The zero-order valence-electron chi connectivity index (χ0n) is 9.47. The first-order valence-corrected chi connectivity index (χ1v) is 5.31. The van der Waals surface area contributed by atoms with Crippen LogP contribution in [0.2, 0.25) is 0 Å². The minimum Gasteiger partial charge on any atom is -0.392 e. The summed E-state index contributed by atoms with van der Waals surface area (Å²) in [5, 5.41) is 9.81. The predicted molar refractivity (Wildman–Crippen MR) is 60.8 cm³/mol. The number of carbonyl (C=O) groups is 1. The molecule has 0 aliphatic rings. The molecule has 0 fully saturated rings. The Morgan fingerprint density at radius 1 is 1.13 bits per heavy atom. The number of Topliss-reactive ketones (excluding diaryl/α,β-unsaturated/α-hetero) is 1. The maximum atomic E-state index is 11.9. The summed E-state index contributed by atoms with van der Waals surface area (Å²) in [6, 6.07) is 9.11. The fourth-order valence-electron chi connectivity index (χ4n) is 1.60. The molecule has 1 rings (SSSR count). The lowest BCUT2D eigenvalue weighted by molar-refractivity contribution is 0.0552. The van der Waals surface area contributed by atoms with Crippen LogP contribution in [-0.2, 0) is 0 Å². The van der Waals surface area contributed by atoms with Crippen LogP contribution in [0.15, 0.2) is 30.3 Å². The number of aliphatic hydroxyl groups is 1. The highest BCUT2D eigenvalue weighted by molar-refractivity contribution is 5.97. The third-order valence-electron chi connectivity index (χ3n) is 2.67. The second-order valence-electron chi connectivity index (χ2n) is 4.25. The zero-order valence-corrected chi connectivity index (χ0v) is 9.47. The predicted octanol–water partition coefficient (Wildman–Crippen LogP) is 2.52. The molecule has 0 saturated carbocycles. The van der Waals surface area contributed by atoms with Crippen LogP contribution in [0.5, 0.6) is 0 Å². The molecule has 0 heterocycles. The van der Waals surface area contributed by atoms with Gasteiger partial charge in [-0.1, -0.05) is 51.1 Å². The molecule has 0 aromatic heterocycles. The summed E-state index contributed by atoms with van der Waals surface area (Å²) in [4.78, 5) is 11.9. The van der Waals surface area contributed by atoms with Crippen LogP contribution in [-0.4, -0.2) is 17.0 Å². The number of benzene rings is 1. The molecule has 0 aliphatic carbocycles. The molecule has 0 saturated heterocycles. The topological polar surface area (TPSA) is 37.3 Å². The van der Waals surface area contributed by atoms with Gasteiger partial charge in [-0.15, -0.1) is 0 Å². The van der Waals surface area contributed by atoms with Crippen LogP contribution in [0.25, 0.3) is 0 Å². The molecule has 0 radical (unpaired) electrons. The van der Waals surface area contributed by atoms with E-state index in [0.29, 0.717) is 5.56 Å². The van der Waals surface area contributed by atoms with Crippen LogP contribution in [0.1, 0.15) is 31.1 Å². The standard InChI is InChI=1S/C13H18O2/c1-9(2)12(14)10(3)13(15)11-7-5-4-6-8-11/h4-10,12,14H,1-3H3/t10-,12-/m1/s1. The fraction of sp³-hybridized carbons (Fsp3) is 0.462. The van der Waals surface area contributed by atoms with E-state index in [9.17, 15) is 9.90 Å².